The molecule has 1 amide bonds. The number of hydrogen-bond donors (Lipinski definition) is 1. The Labute approximate surface area is 136 Å². The number of methoxy groups -OCH3 is 1. The van der Waals surface area contributed by atoms with Gasteiger partial charge in [0.2, 0.25) is 5.91 Å². The number of ether oxygens (including phenoxy) is 1. The largest absolute Gasteiger partial charge is 0.495 e. The highest BCUT2D eigenvalue weighted by atomic mass is 32.2. The number of aryl methyl sites for hydroxylation is 1. The molecule has 0 bridgehead atoms. The number of nitrogens with one attached hydrogen (secondary N) is 1. The highest BCUT2D eigenvalue weighted by molar-refractivity contribution is 7.99. The number of thioether (sulfide) groups is 1. The zero-order valence-corrected chi connectivity index (χ0v) is 13.9. The Morgan fingerprint density at radius 2 is 1.86 bits per heavy atom. The predicted molar refractivity (Wildman–Crippen MR) is 93.6 cm³/mol. The number of para-hydroxylation sites is 2. The smallest absolute Gasteiger partial charge is 0.237 e. The van der Waals surface area contributed by atoms with E-state index in [0.29, 0.717) is 11.4 Å². The summed E-state index contributed by atoms with van der Waals surface area (Å²) in [5.41, 5.74) is 3.18. The van der Waals surface area contributed by atoms with Gasteiger partial charge in [0.05, 0.1) is 18.0 Å². The van der Waals surface area contributed by atoms with Crippen LogP contribution < -0.4 is 10.1 Å². The molecule has 22 heavy (non-hydrogen) atoms. The molecule has 0 spiro atoms. The summed E-state index contributed by atoms with van der Waals surface area (Å²) in [6.45, 7) is 3.99. The first-order valence-corrected chi connectivity index (χ1v) is 8.26. The van der Waals surface area contributed by atoms with E-state index >= 15 is 0 Å². The fraction of sp³-hybridized carbons (Fsp3) is 0.278. The average Bonchev–Trinajstić information content (AvgIpc) is 2.54. The first kappa shape index (κ1) is 16.4. The summed E-state index contributed by atoms with van der Waals surface area (Å²) in [4.78, 5) is 12.3. The normalized spacial score (nSPS) is 11.8. The van der Waals surface area contributed by atoms with Crippen LogP contribution in [0.2, 0.25) is 0 Å². The zero-order chi connectivity index (χ0) is 15.9. The lowest BCUT2D eigenvalue weighted by Crippen LogP contribution is -2.22. The molecule has 0 aliphatic heterocycles. The van der Waals surface area contributed by atoms with Crippen LogP contribution in [0, 0.1) is 6.92 Å². The first-order valence-electron chi connectivity index (χ1n) is 7.21. The van der Waals surface area contributed by atoms with E-state index < -0.39 is 0 Å². The van der Waals surface area contributed by atoms with Crippen LogP contribution in [0.3, 0.4) is 0 Å². The third kappa shape index (κ3) is 4.53. The minimum Gasteiger partial charge on any atom is -0.495 e. The zero-order valence-electron chi connectivity index (χ0n) is 13.1. The molecule has 0 aliphatic rings. The van der Waals surface area contributed by atoms with Gasteiger partial charge in [0.1, 0.15) is 5.75 Å². The van der Waals surface area contributed by atoms with Crippen molar-refractivity contribution in [3.63, 3.8) is 0 Å². The number of hydrogen-bond acceptors (Lipinski definition) is 3. The van der Waals surface area contributed by atoms with Crippen molar-refractivity contribution in [1.29, 1.82) is 0 Å². The second kappa shape index (κ2) is 7.90. The van der Waals surface area contributed by atoms with E-state index in [2.05, 4.69) is 36.5 Å². The molecule has 3 nitrogen and oxygen atoms in total. The number of rotatable bonds is 6. The molecule has 2 aromatic rings. The molecule has 0 aliphatic carbocycles. The van der Waals surface area contributed by atoms with Crippen LogP contribution in [0.15, 0.2) is 48.5 Å². The molecule has 0 aromatic heterocycles. The van der Waals surface area contributed by atoms with Gasteiger partial charge < -0.3 is 10.1 Å². The lowest BCUT2D eigenvalue weighted by Gasteiger charge is -2.14. The Morgan fingerprint density at radius 1 is 1.18 bits per heavy atom. The molecular formula is C18H21NO2S. The van der Waals surface area contributed by atoms with Crippen LogP contribution in [0.25, 0.3) is 0 Å². The maximum atomic E-state index is 12.3. The summed E-state index contributed by atoms with van der Waals surface area (Å²) in [7, 11) is 1.60. The summed E-state index contributed by atoms with van der Waals surface area (Å²) in [5, 5.41) is 2.79. The molecule has 2 aromatic carbocycles. The van der Waals surface area contributed by atoms with Crippen LogP contribution in [-0.2, 0) is 10.5 Å². The summed E-state index contributed by atoms with van der Waals surface area (Å²) in [6, 6.07) is 15.8. The minimum absolute atomic E-state index is 0.0124. The van der Waals surface area contributed by atoms with Crippen molar-refractivity contribution < 1.29 is 9.53 Å². The molecule has 0 saturated heterocycles. The number of benzene rings is 2. The summed E-state index contributed by atoms with van der Waals surface area (Å²) in [5.74, 6) is 1.48. The van der Waals surface area contributed by atoms with Crippen molar-refractivity contribution >= 4 is 23.4 Å². The van der Waals surface area contributed by atoms with Crippen LogP contribution in [-0.4, -0.2) is 18.3 Å². The van der Waals surface area contributed by atoms with E-state index in [1.165, 1.54) is 11.1 Å². The van der Waals surface area contributed by atoms with Crippen LogP contribution >= 0.6 is 11.8 Å². The monoisotopic (exact) mass is 315 g/mol. The third-order valence-electron chi connectivity index (χ3n) is 3.35. The maximum Gasteiger partial charge on any atom is 0.237 e. The highest BCUT2D eigenvalue weighted by Crippen LogP contribution is 2.25. The fourth-order valence-electron chi connectivity index (χ4n) is 1.96. The van der Waals surface area contributed by atoms with Gasteiger partial charge >= 0.3 is 0 Å². The third-order valence-corrected chi connectivity index (χ3v) is 4.57. The van der Waals surface area contributed by atoms with E-state index in [1.54, 1.807) is 18.9 Å². The van der Waals surface area contributed by atoms with Crippen LogP contribution in [0.4, 0.5) is 5.69 Å². The second-order valence-electron chi connectivity index (χ2n) is 5.13. The number of anilines is 1. The topological polar surface area (TPSA) is 38.3 Å². The van der Waals surface area contributed by atoms with Gasteiger partial charge in [-0.3, -0.25) is 4.79 Å². The van der Waals surface area contributed by atoms with E-state index in [4.69, 9.17) is 4.74 Å². The molecular weight excluding hydrogens is 294 g/mol. The van der Waals surface area contributed by atoms with Gasteiger partial charge in [-0.05, 0) is 31.5 Å². The Bertz CT molecular complexity index is 625. The van der Waals surface area contributed by atoms with Gasteiger partial charge in [-0.25, -0.2) is 0 Å². The molecule has 4 heteroatoms. The Kier molecular flexibility index (Phi) is 5.90. The summed E-state index contributed by atoms with van der Waals surface area (Å²) >= 11 is 1.62. The Morgan fingerprint density at radius 3 is 2.55 bits per heavy atom. The molecule has 2 rings (SSSR count). The molecule has 1 atom stereocenters. The van der Waals surface area contributed by atoms with Crippen molar-refractivity contribution in [2.45, 2.75) is 24.9 Å². The highest BCUT2D eigenvalue weighted by Gasteiger charge is 2.15. The van der Waals surface area contributed by atoms with Crippen molar-refractivity contribution in [3.8, 4) is 5.75 Å². The van der Waals surface area contributed by atoms with Crippen LogP contribution in [0.5, 0.6) is 5.75 Å². The standard InChI is InChI=1S/C18H21NO2S/c1-13-8-10-15(11-9-13)12-22-14(2)18(20)19-16-6-4-5-7-17(16)21-3/h4-11,14H,12H2,1-3H3,(H,19,20). The number of carbonyl (C=O) groups is 1. The molecule has 1 N–H and O–H groups in total. The molecule has 0 saturated carbocycles. The van der Waals surface area contributed by atoms with Crippen molar-refractivity contribution in [2.75, 3.05) is 12.4 Å². The van der Waals surface area contributed by atoms with Crippen molar-refractivity contribution in [2.24, 2.45) is 0 Å². The van der Waals surface area contributed by atoms with E-state index in [9.17, 15) is 4.79 Å². The lowest BCUT2D eigenvalue weighted by atomic mass is 10.2. The van der Waals surface area contributed by atoms with Gasteiger partial charge in [0.15, 0.2) is 0 Å². The first-order chi connectivity index (χ1) is 10.6. The van der Waals surface area contributed by atoms with E-state index in [-0.39, 0.29) is 11.2 Å². The predicted octanol–water partition coefficient (Wildman–Crippen LogP) is 4.26. The van der Waals surface area contributed by atoms with Gasteiger partial charge in [-0.2, -0.15) is 0 Å². The summed E-state index contributed by atoms with van der Waals surface area (Å²) in [6.07, 6.45) is 0. The maximum absolute atomic E-state index is 12.3. The van der Waals surface area contributed by atoms with Crippen molar-refractivity contribution in [3.05, 3.63) is 59.7 Å². The van der Waals surface area contributed by atoms with Crippen molar-refractivity contribution in [1.82, 2.24) is 0 Å². The Hall–Kier alpha value is -1.94. The molecule has 1 unspecified atom stereocenters. The Balaban J connectivity index is 1.90. The van der Waals surface area contributed by atoms with Gasteiger partial charge in [0, 0.05) is 5.75 Å². The number of amides is 1. The summed E-state index contributed by atoms with van der Waals surface area (Å²) < 4.78 is 5.24. The quantitative estimate of drug-likeness (QED) is 0.865. The van der Waals surface area contributed by atoms with E-state index in [1.807, 2.05) is 31.2 Å². The fourth-order valence-corrected chi connectivity index (χ4v) is 2.81. The minimum atomic E-state index is -0.133. The van der Waals surface area contributed by atoms with E-state index in [0.717, 1.165) is 5.75 Å². The SMILES string of the molecule is COc1ccccc1NC(=O)C(C)SCc1ccc(C)cc1. The molecule has 116 valence electrons. The van der Waals surface area contributed by atoms with Gasteiger partial charge in [-0.1, -0.05) is 42.0 Å². The lowest BCUT2D eigenvalue weighted by molar-refractivity contribution is -0.115. The molecule has 0 radical (unpaired) electrons. The van der Waals surface area contributed by atoms with Gasteiger partial charge in [0.25, 0.3) is 0 Å². The second-order valence-corrected chi connectivity index (χ2v) is 6.46. The van der Waals surface area contributed by atoms with Crippen LogP contribution in [0.1, 0.15) is 18.1 Å². The molecule has 0 heterocycles. The average molecular weight is 315 g/mol. The molecule has 0 fully saturated rings. The van der Waals surface area contributed by atoms with Gasteiger partial charge in [-0.15, -0.1) is 11.8 Å². The number of carbonyl (C=O) groups excluding carboxylic acids is 1.